The molecule has 1 N–H and O–H groups in total. The van der Waals surface area contributed by atoms with Crippen molar-refractivity contribution >= 4 is 43.3 Å². The molecule has 0 amide bonds. The molecule has 118 valence electrons. The summed E-state index contributed by atoms with van der Waals surface area (Å²) in [5, 5.41) is 4.43. The summed E-state index contributed by atoms with van der Waals surface area (Å²) in [6.45, 7) is 2.57. The molecule has 0 saturated heterocycles. The second-order valence-electron chi connectivity index (χ2n) is 5.32. The lowest BCUT2D eigenvalue weighted by molar-refractivity contribution is 0.338. The van der Waals surface area contributed by atoms with E-state index in [0.717, 1.165) is 28.0 Å². The molecule has 4 rings (SSSR count). The molecule has 0 aliphatic carbocycles. The average molecular weight is 394 g/mol. The van der Waals surface area contributed by atoms with Crippen LogP contribution in [0.25, 0.3) is 10.2 Å². The maximum atomic E-state index is 13.6. The van der Waals surface area contributed by atoms with Gasteiger partial charge in [-0.3, -0.25) is 0 Å². The van der Waals surface area contributed by atoms with Crippen LogP contribution in [0.5, 0.6) is 5.75 Å². The minimum atomic E-state index is -0.320. The van der Waals surface area contributed by atoms with Gasteiger partial charge in [-0.15, -0.1) is 11.3 Å². The quantitative estimate of drug-likeness (QED) is 0.700. The number of aryl methyl sites for hydroxylation is 1. The molecule has 0 fully saturated rings. The standard InChI is InChI=1S/C16H13BrFN3OS/c1-2-8-3-10-15(19-7-20-16(10)23-8)21-13-6-22-14-5-12(18)11(17)4-9(13)14/h3-5,7,13H,2,6H2,1H3,(H,19,20,21). The van der Waals surface area contributed by atoms with Gasteiger partial charge in [0.15, 0.2) is 0 Å². The van der Waals surface area contributed by atoms with E-state index in [9.17, 15) is 4.39 Å². The zero-order valence-electron chi connectivity index (χ0n) is 12.3. The predicted molar refractivity (Wildman–Crippen MR) is 92.8 cm³/mol. The molecule has 1 aromatic carbocycles. The van der Waals surface area contributed by atoms with Crippen molar-refractivity contribution in [3.8, 4) is 5.75 Å². The number of fused-ring (bicyclic) bond motifs is 2. The van der Waals surface area contributed by atoms with E-state index in [2.05, 4.69) is 44.2 Å². The third-order valence-electron chi connectivity index (χ3n) is 3.87. The van der Waals surface area contributed by atoms with E-state index in [1.54, 1.807) is 23.7 Å². The van der Waals surface area contributed by atoms with Crippen LogP contribution in [0.15, 0.2) is 29.0 Å². The van der Waals surface area contributed by atoms with E-state index >= 15 is 0 Å². The third kappa shape index (κ3) is 2.57. The first-order chi connectivity index (χ1) is 11.2. The number of anilines is 1. The van der Waals surface area contributed by atoms with Crippen molar-refractivity contribution in [1.29, 1.82) is 0 Å². The molecular formula is C16H13BrFN3OS. The van der Waals surface area contributed by atoms with Crippen molar-refractivity contribution in [3.05, 3.63) is 45.3 Å². The van der Waals surface area contributed by atoms with Crippen LogP contribution in [0, 0.1) is 5.82 Å². The highest BCUT2D eigenvalue weighted by Gasteiger charge is 2.26. The van der Waals surface area contributed by atoms with Crippen LogP contribution in [0.4, 0.5) is 10.2 Å². The van der Waals surface area contributed by atoms with E-state index in [1.165, 1.54) is 10.9 Å². The average Bonchev–Trinajstić information content (AvgIpc) is 3.13. The summed E-state index contributed by atoms with van der Waals surface area (Å²) in [7, 11) is 0. The molecular weight excluding hydrogens is 381 g/mol. The molecule has 1 unspecified atom stereocenters. The van der Waals surface area contributed by atoms with Crippen LogP contribution in [-0.2, 0) is 6.42 Å². The molecule has 0 saturated carbocycles. The molecule has 0 radical (unpaired) electrons. The maximum absolute atomic E-state index is 13.6. The summed E-state index contributed by atoms with van der Waals surface area (Å²) in [6, 6.07) is 5.24. The number of nitrogens with one attached hydrogen (secondary N) is 1. The van der Waals surface area contributed by atoms with Gasteiger partial charge in [0.1, 0.15) is 35.1 Å². The topological polar surface area (TPSA) is 47.0 Å². The van der Waals surface area contributed by atoms with Gasteiger partial charge in [0, 0.05) is 16.5 Å². The number of hydrogen-bond acceptors (Lipinski definition) is 5. The van der Waals surface area contributed by atoms with Gasteiger partial charge in [0.05, 0.1) is 15.9 Å². The fourth-order valence-corrected chi connectivity index (χ4v) is 3.98. The first kappa shape index (κ1) is 14.8. The molecule has 1 atom stereocenters. The minimum absolute atomic E-state index is 0.0648. The van der Waals surface area contributed by atoms with Crippen LogP contribution >= 0.6 is 27.3 Å². The van der Waals surface area contributed by atoms with Crippen molar-refractivity contribution in [1.82, 2.24) is 9.97 Å². The van der Waals surface area contributed by atoms with Gasteiger partial charge in [0.2, 0.25) is 0 Å². The minimum Gasteiger partial charge on any atom is -0.491 e. The molecule has 2 aromatic heterocycles. The summed E-state index contributed by atoms with van der Waals surface area (Å²) in [4.78, 5) is 11.0. The van der Waals surface area contributed by atoms with Crippen LogP contribution in [0.1, 0.15) is 23.4 Å². The number of thiophene rings is 1. The van der Waals surface area contributed by atoms with E-state index in [4.69, 9.17) is 4.74 Å². The number of benzene rings is 1. The smallest absolute Gasteiger partial charge is 0.141 e. The van der Waals surface area contributed by atoms with Gasteiger partial charge >= 0.3 is 0 Å². The maximum Gasteiger partial charge on any atom is 0.141 e. The van der Waals surface area contributed by atoms with Crippen molar-refractivity contribution in [2.45, 2.75) is 19.4 Å². The SMILES string of the molecule is CCc1cc2c(NC3COc4cc(F)c(Br)cc43)ncnc2s1. The largest absolute Gasteiger partial charge is 0.491 e. The number of nitrogens with zero attached hydrogens (tertiary/aromatic N) is 2. The Bertz CT molecular complexity index is 898. The molecule has 3 aromatic rings. The Balaban J connectivity index is 1.71. The predicted octanol–water partition coefficient (Wildman–Crippen LogP) is 4.70. The Morgan fingerprint density at radius 1 is 1.39 bits per heavy atom. The first-order valence-corrected chi connectivity index (χ1v) is 8.88. The number of halogens is 2. The number of hydrogen-bond donors (Lipinski definition) is 1. The molecule has 0 bridgehead atoms. The lowest BCUT2D eigenvalue weighted by atomic mass is 10.1. The molecule has 1 aliphatic rings. The zero-order valence-corrected chi connectivity index (χ0v) is 14.7. The number of rotatable bonds is 3. The van der Waals surface area contributed by atoms with Crippen molar-refractivity contribution in [2.75, 3.05) is 11.9 Å². The van der Waals surface area contributed by atoms with Gasteiger partial charge in [-0.25, -0.2) is 14.4 Å². The normalized spacial score (nSPS) is 16.4. The highest BCUT2D eigenvalue weighted by Crippen LogP contribution is 2.38. The fourth-order valence-electron chi connectivity index (χ4n) is 2.68. The Labute approximate surface area is 144 Å². The van der Waals surface area contributed by atoms with E-state index in [1.807, 2.05) is 0 Å². The molecule has 0 spiro atoms. The molecule has 7 heteroatoms. The van der Waals surface area contributed by atoms with E-state index in [0.29, 0.717) is 16.8 Å². The zero-order chi connectivity index (χ0) is 16.0. The Kier molecular flexibility index (Phi) is 3.69. The van der Waals surface area contributed by atoms with Crippen LogP contribution in [0.3, 0.4) is 0 Å². The van der Waals surface area contributed by atoms with E-state index in [-0.39, 0.29) is 11.9 Å². The Hall–Kier alpha value is -1.73. The second-order valence-corrected chi connectivity index (χ2v) is 7.29. The van der Waals surface area contributed by atoms with Gasteiger partial charge in [-0.1, -0.05) is 6.92 Å². The van der Waals surface area contributed by atoms with Crippen LogP contribution in [-0.4, -0.2) is 16.6 Å². The lowest BCUT2D eigenvalue weighted by Crippen LogP contribution is -2.13. The van der Waals surface area contributed by atoms with Gasteiger partial charge in [0.25, 0.3) is 0 Å². The van der Waals surface area contributed by atoms with Crippen LogP contribution < -0.4 is 10.1 Å². The highest BCUT2D eigenvalue weighted by atomic mass is 79.9. The first-order valence-electron chi connectivity index (χ1n) is 7.27. The summed E-state index contributed by atoms with van der Waals surface area (Å²) in [5.41, 5.74) is 0.927. The van der Waals surface area contributed by atoms with E-state index < -0.39 is 0 Å². The van der Waals surface area contributed by atoms with Gasteiger partial charge in [-0.05, 0) is 34.5 Å². The van der Waals surface area contributed by atoms with Gasteiger partial charge in [-0.2, -0.15) is 0 Å². The van der Waals surface area contributed by atoms with Gasteiger partial charge < -0.3 is 10.1 Å². The van der Waals surface area contributed by atoms with Crippen molar-refractivity contribution in [2.24, 2.45) is 0 Å². The lowest BCUT2D eigenvalue weighted by Gasteiger charge is -2.13. The second kappa shape index (κ2) is 5.72. The Morgan fingerprint density at radius 3 is 3.09 bits per heavy atom. The molecule has 4 nitrogen and oxygen atoms in total. The molecule has 1 aliphatic heterocycles. The number of aromatic nitrogens is 2. The molecule has 3 heterocycles. The molecule has 23 heavy (non-hydrogen) atoms. The summed E-state index contributed by atoms with van der Waals surface area (Å²) < 4.78 is 19.6. The van der Waals surface area contributed by atoms with Crippen LogP contribution in [0.2, 0.25) is 0 Å². The monoisotopic (exact) mass is 393 g/mol. The third-order valence-corrected chi connectivity index (χ3v) is 5.67. The summed E-state index contributed by atoms with van der Waals surface area (Å²) in [6.07, 6.45) is 2.54. The fraction of sp³-hybridized carbons (Fsp3) is 0.250. The summed E-state index contributed by atoms with van der Waals surface area (Å²) in [5.74, 6) is 1.04. The van der Waals surface area contributed by atoms with Crippen molar-refractivity contribution < 1.29 is 9.13 Å². The summed E-state index contributed by atoms with van der Waals surface area (Å²) >= 11 is 4.91. The van der Waals surface area contributed by atoms with Crippen molar-refractivity contribution in [3.63, 3.8) is 0 Å². The highest BCUT2D eigenvalue weighted by molar-refractivity contribution is 9.10. The number of ether oxygens (including phenoxy) is 1. The Morgan fingerprint density at radius 2 is 2.26 bits per heavy atom.